The molecule has 0 aliphatic carbocycles. The van der Waals surface area contributed by atoms with Crippen LogP contribution >= 0.6 is 0 Å². The maximum Gasteiger partial charge on any atom is 0.416 e. The Morgan fingerprint density at radius 1 is 1.24 bits per heavy atom. The monoisotopic (exact) mass is 295 g/mol. The summed E-state index contributed by atoms with van der Waals surface area (Å²) in [5.74, 6) is -0.120. The van der Waals surface area contributed by atoms with E-state index in [1.165, 1.54) is 6.20 Å². The van der Waals surface area contributed by atoms with Crippen molar-refractivity contribution in [2.24, 2.45) is 0 Å². The van der Waals surface area contributed by atoms with Gasteiger partial charge in [-0.15, -0.1) is 0 Å². The minimum Gasteiger partial charge on any atom is -0.392 e. The number of aliphatic hydroxyl groups is 1. The number of halogens is 3. The van der Waals surface area contributed by atoms with Crippen LogP contribution in [-0.4, -0.2) is 10.1 Å². The first-order valence-corrected chi connectivity index (χ1v) is 6.60. The molecule has 5 heteroatoms. The second-order valence-electron chi connectivity index (χ2n) is 5.14. The molecule has 1 aromatic carbocycles. The number of aromatic nitrogens is 1. The normalized spacial score (nSPS) is 12.0. The number of aliphatic hydroxyl groups excluding tert-OH is 1. The zero-order valence-electron chi connectivity index (χ0n) is 11.8. The number of alkyl halides is 3. The summed E-state index contributed by atoms with van der Waals surface area (Å²) in [5, 5.41) is 9.60. The van der Waals surface area contributed by atoms with Crippen LogP contribution in [0.25, 0.3) is 11.1 Å². The van der Waals surface area contributed by atoms with Gasteiger partial charge in [0.05, 0.1) is 12.2 Å². The maximum absolute atomic E-state index is 13.1. The van der Waals surface area contributed by atoms with Crippen LogP contribution in [0.4, 0.5) is 13.2 Å². The van der Waals surface area contributed by atoms with Crippen molar-refractivity contribution in [3.63, 3.8) is 0 Å². The molecule has 1 heterocycles. The molecule has 2 rings (SSSR count). The van der Waals surface area contributed by atoms with E-state index in [0.717, 1.165) is 12.1 Å². The Bertz CT molecular complexity index is 621. The molecule has 112 valence electrons. The molecule has 0 aliphatic rings. The van der Waals surface area contributed by atoms with Gasteiger partial charge in [0.1, 0.15) is 0 Å². The van der Waals surface area contributed by atoms with Crippen molar-refractivity contribution in [2.45, 2.75) is 32.5 Å². The van der Waals surface area contributed by atoms with Gasteiger partial charge in [0.25, 0.3) is 0 Å². The van der Waals surface area contributed by atoms with Gasteiger partial charge in [-0.2, -0.15) is 13.2 Å². The van der Waals surface area contributed by atoms with Gasteiger partial charge in [-0.05, 0) is 40.8 Å². The molecule has 1 N–H and O–H groups in total. The highest BCUT2D eigenvalue weighted by molar-refractivity contribution is 5.69. The number of hydrogen-bond acceptors (Lipinski definition) is 2. The van der Waals surface area contributed by atoms with Crippen LogP contribution in [-0.2, 0) is 12.8 Å². The van der Waals surface area contributed by atoms with E-state index in [-0.39, 0.29) is 12.5 Å². The minimum absolute atomic E-state index is 0.120. The van der Waals surface area contributed by atoms with Crippen molar-refractivity contribution in [2.75, 3.05) is 0 Å². The lowest BCUT2D eigenvalue weighted by molar-refractivity contribution is -0.137. The lowest BCUT2D eigenvalue weighted by Crippen LogP contribution is -2.09. The van der Waals surface area contributed by atoms with Gasteiger partial charge in [0.15, 0.2) is 0 Å². The largest absolute Gasteiger partial charge is 0.416 e. The van der Waals surface area contributed by atoms with Gasteiger partial charge in [-0.1, -0.05) is 19.9 Å². The first-order valence-electron chi connectivity index (χ1n) is 6.60. The van der Waals surface area contributed by atoms with E-state index in [1.807, 2.05) is 13.8 Å². The average Bonchev–Trinajstić information content (AvgIpc) is 2.45. The summed E-state index contributed by atoms with van der Waals surface area (Å²) in [4.78, 5) is 3.94. The Morgan fingerprint density at radius 2 is 1.95 bits per heavy atom. The number of hydrogen-bond donors (Lipinski definition) is 1. The van der Waals surface area contributed by atoms with Crippen LogP contribution in [0.3, 0.4) is 0 Å². The molecule has 0 saturated carbocycles. The summed E-state index contributed by atoms with van der Waals surface area (Å²) in [6, 6.07) is 5.54. The standard InChI is InChI=1S/C16H16F3NO/c1-10(2)13-6-12(16(17,18)19)7-14(15(13)9-21)11-4-3-5-20-8-11/h3-8,10,21H,9H2,1-2H3. The number of benzene rings is 1. The quantitative estimate of drug-likeness (QED) is 0.911. The Morgan fingerprint density at radius 3 is 2.43 bits per heavy atom. The lowest BCUT2D eigenvalue weighted by atomic mass is 9.88. The maximum atomic E-state index is 13.1. The molecular formula is C16H16F3NO. The van der Waals surface area contributed by atoms with E-state index in [2.05, 4.69) is 4.98 Å². The molecule has 0 saturated heterocycles. The second-order valence-corrected chi connectivity index (χ2v) is 5.14. The van der Waals surface area contributed by atoms with E-state index in [0.29, 0.717) is 22.3 Å². The third-order valence-electron chi connectivity index (χ3n) is 3.36. The summed E-state index contributed by atoms with van der Waals surface area (Å²) < 4.78 is 39.3. The molecule has 2 nitrogen and oxygen atoms in total. The molecule has 0 amide bonds. The Balaban J connectivity index is 2.75. The van der Waals surface area contributed by atoms with Gasteiger partial charge in [-0.25, -0.2) is 0 Å². The van der Waals surface area contributed by atoms with Crippen molar-refractivity contribution >= 4 is 0 Å². The van der Waals surface area contributed by atoms with Crippen molar-refractivity contribution < 1.29 is 18.3 Å². The molecule has 0 spiro atoms. The zero-order chi connectivity index (χ0) is 15.6. The third-order valence-corrected chi connectivity index (χ3v) is 3.36. The van der Waals surface area contributed by atoms with Crippen molar-refractivity contribution in [3.05, 3.63) is 53.3 Å². The van der Waals surface area contributed by atoms with Crippen LogP contribution in [0, 0.1) is 0 Å². The fourth-order valence-electron chi connectivity index (χ4n) is 2.33. The third kappa shape index (κ3) is 3.24. The van der Waals surface area contributed by atoms with Gasteiger partial charge in [-0.3, -0.25) is 4.98 Å². The Kier molecular flexibility index (Phi) is 4.32. The lowest BCUT2D eigenvalue weighted by Gasteiger charge is -2.19. The van der Waals surface area contributed by atoms with E-state index in [9.17, 15) is 18.3 Å². The van der Waals surface area contributed by atoms with Gasteiger partial charge < -0.3 is 5.11 Å². The van der Waals surface area contributed by atoms with Gasteiger partial charge in [0.2, 0.25) is 0 Å². The highest BCUT2D eigenvalue weighted by atomic mass is 19.4. The Hall–Kier alpha value is -1.88. The highest BCUT2D eigenvalue weighted by Gasteiger charge is 2.32. The average molecular weight is 295 g/mol. The summed E-state index contributed by atoms with van der Waals surface area (Å²) in [7, 11) is 0. The second kappa shape index (κ2) is 5.85. The van der Waals surface area contributed by atoms with E-state index in [1.54, 1.807) is 18.3 Å². The predicted octanol–water partition coefficient (Wildman–Crippen LogP) is 4.38. The Labute approximate surface area is 121 Å². The topological polar surface area (TPSA) is 33.1 Å². The fourth-order valence-corrected chi connectivity index (χ4v) is 2.33. The van der Waals surface area contributed by atoms with Gasteiger partial charge >= 0.3 is 6.18 Å². The number of rotatable bonds is 3. The van der Waals surface area contributed by atoms with Crippen LogP contribution < -0.4 is 0 Å². The first-order chi connectivity index (χ1) is 9.84. The van der Waals surface area contributed by atoms with E-state index >= 15 is 0 Å². The molecule has 0 unspecified atom stereocenters. The minimum atomic E-state index is -4.42. The summed E-state index contributed by atoms with van der Waals surface area (Å²) in [6.07, 6.45) is -1.37. The fraction of sp³-hybridized carbons (Fsp3) is 0.312. The molecular weight excluding hydrogens is 279 g/mol. The van der Waals surface area contributed by atoms with Crippen molar-refractivity contribution in [1.82, 2.24) is 4.98 Å². The van der Waals surface area contributed by atoms with Crippen LogP contribution in [0.1, 0.15) is 36.5 Å². The van der Waals surface area contributed by atoms with Crippen molar-refractivity contribution in [3.8, 4) is 11.1 Å². The number of pyridine rings is 1. The molecule has 0 fully saturated rings. The van der Waals surface area contributed by atoms with Gasteiger partial charge in [0, 0.05) is 18.0 Å². The van der Waals surface area contributed by atoms with E-state index in [4.69, 9.17) is 0 Å². The summed E-state index contributed by atoms with van der Waals surface area (Å²) in [5.41, 5.74) is 1.26. The molecule has 2 aromatic rings. The number of nitrogens with zero attached hydrogens (tertiary/aromatic N) is 1. The SMILES string of the molecule is CC(C)c1cc(C(F)(F)F)cc(-c2cccnc2)c1CO. The predicted molar refractivity (Wildman–Crippen MR) is 74.7 cm³/mol. The zero-order valence-corrected chi connectivity index (χ0v) is 11.8. The molecule has 21 heavy (non-hydrogen) atoms. The van der Waals surface area contributed by atoms with Crippen LogP contribution in [0.15, 0.2) is 36.7 Å². The molecule has 0 aliphatic heterocycles. The highest BCUT2D eigenvalue weighted by Crippen LogP contribution is 2.38. The summed E-state index contributed by atoms with van der Waals surface area (Å²) in [6.45, 7) is 3.30. The van der Waals surface area contributed by atoms with Crippen LogP contribution in [0.2, 0.25) is 0 Å². The molecule has 0 radical (unpaired) electrons. The van der Waals surface area contributed by atoms with Crippen LogP contribution in [0.5, 0.6) is 0 Å². The summed E-state index contributed by atoms with van der Waals surface area (Å²) >= 11 is 0. The first kappa shape index (κ1) is 15.5. The van der Waals surface area contributed by atoms with Crippen molar-refractivity contribution in [1.29, 1.82) is 0 Å². The molecule has 1 aromatic heterocycles. The molecule has 0 bridgehead atoms. The molecule has 0 atom stereocenters. The smallest absolute Gasteiger partial charge is 0.392 e. The van der Waals surface area contributed by atoms with E-state index < -0.39 is 11.7 Å².